The molecule has 4 rings (SSSR count). The van der Waals surface area contributed by atoms with Crippen molar-refractivity contribution in [3.8, 4) is 5.75 Å². The molecule has 1 saturated heterocycles. The molecule has 0 bridgehead atoms. The van der Waals surface area contributed by atoms with Gasteiger partial charge in [0.1, 0.15) is 17.5 Å². The summed E-state index contributed by atoms with van der Waals surface area (Å²) in [4.78, 5) is 72.0. The predicted molar refractivity (Wildman–Crippen MR) is 157 cm³/mol. The number of rotatable bonds is 13. The van der Waals surface area contributed by atoms with Crippen LogP contribution in [0.3, 0.4) is 0 Å². The quantitative estimate of drug-likeness (QED) is 0.220. The number of esters is 1. The highest BCUT2D eigenvalue weighted by molar-refractivity contribution is 6.02. The van der Waals surface area contributed by atoms with Crippen molar-refractivity contribution in [2.24, 2.45) is 11.8 Å². The van der Waals surface area contributed by atoms with Crippen LogP contribution in [0.15, 0.2) is 48.8 Å². The van der Waals surface area contributed by atoms with Crippen LogP contribution in [0.2, 0.25) is 0 Å². The van der Waals surface area contributed by atoms with Crippen molar-refractivity contribution in [2.75, 3.05) is 20.3 Å². The minimum Gasteiger partial charge on any atom is -0.496 e. The summed E-state index contributed by atoms with van der Waals surface area (Å²) in [6.07, 6.45) is 4.44. The number of amides is 3. The molecule has 12 heteroatoms. The summed E-state index contributed by atoms with van der Waals surface area (Å²) in [6, 6.07) is 8.02. The number of nitrogens with zero attached hydrogens (tertiary/aromatic N) is 1. The molecule has 0 saturated carbocycles. The Balaban J connectivity index is 1.49. The van der Waals surface area contributed by atoms with E-state index in [9.17, 15) is 24.0 Å². The number of hydrogen-bond donors (Lipinski definition) is 4. The molecule has 1 fully saturated rings. The van der Waals surface area contributed by atoms with E-state index in [1.165, 1.54) is 18.5 Å². The number of fused-ring (bicyclic) bond motifs is 1. The topological polar surface area (TPSA) is 169 Å². The van der Waals surface area contributed by atoms with Gasteiger partial charge in [0, 0.05) is 35.8 Å². The van der Waals surface area contributed by atoms with Gasteiger partial charge in [0.05, 0.1) is 18.7 Å². The number of ether oxygens (including phenoxy) is 2. The Morgan fingerprint density at radius 3 is 2.60 bits per heavy atom. The van der Waals surface area contributed by atoms with Gasteiger partial charge in [-0.1, -0.05) is 19.9 Å². The number of pyridine rings is 1. The highest BCUT2D eigenvalue weighted by Gasteiger charge is 2.33. The monoisotopic (exact) mass is 591 g/mol. The molecular formula is C31H37N5O7. The maximum Gasteiger partial charge on any atom is 0.340 e. The summed E-state index contributed by atoms with van der Waals surface area (Å²) in [7, 11) is 1.54. The molecule has 228 valence electrons. The van der Waals surface area contributed by atoms with E-state index < -0.39 is 48.2 Å². The van der Waals surface area contributed by atoms with Gasteiger partial charge >= 0.3 is 5.97 Å². The second-order valence-electron chi connectivity index (χ2n) is 11.0. The fourth-order valence-corrected chi connectivity index (χ4v) is 5.06. The fraction of sp³-hybridized carbons (Fsp3) is 0.419. The molecule has 3 atom stereocenters. The fourth-order valence-electron chi connectivity index (χ4n) is 5.06. The van der Waals surface area contributed by atoms with Crippen LogP contribution in [0.25, 0.3) is 10.9 Å². The number of aromatic nitrogens is 2. The van der Waals surface area contributed by atoms with Gasteiger partial charge in [-0.3, -0.25) is 24.2 Å². The van der Waals surface area contributed by atoms with Crippen LogP contribution < -0.4 is 20.7 Å². The average molecular weight is 592 g/mol. The van der Waals surface area contributed by atoms with Crippen molar-refractivity contribution in [1.82, 2.24) is 25.9 Å². The molecule has 43 heavy (non-hydrogen) atoms. The molecule has 0 spiro atoms. The van der Waals surface area contributed by atoms with E-state index >= 15 is 0 Å². The van der Waals surface area contributed by atoms with E-state index in [4.69, 9.17) is 9.47 Å². The molecule has 2 aromatic heterocycles. The Hall–Kier alpha value is -4.74. The van der Waals surface area contributed by atoms with E-state index in [0.717, 1.165) is 11.8 Å². The van der Waals surface area contributed by atoms with Crippen molar-refractivity contribution < 1.29 is 33.4 Å². The van der Waals surface area contributed by atoms with Crippen molar-refractivity contribution in [1.29, 1.82) is 0 Å². The Kier molecular flexibility index (Phi) is 10.5. The number of piperidine rings is 1. The largest absolute Gasteiger partial charge is 0.496 e. The van der Waals surface area contributed by atoms with E-state index in [-0.39, 0.29) is 29.5 Å². The zero-order valence-corrected chi connectivity index (χ0v) is 24.5. The highest BCUT2D eigenvalue weighted by atomic mass is 16.5. The number of benzene rings is 1. The van der Waals surface area contributed by atoms with E-state index in [0.29, 0.717) is 30.7 Å². The molecule has 0 radical (unpaired) electrons. The normalized spacial score (nSPS) is 16.2. The molecule has 0 unspecified atom stereocenters. The predicted octanol–water partition coefficient (Wildman–Crippen LogP) is 2.54. The summed E-state index contributed by atoms with van der Waals surface area (Å²) in [6.45, 7) is 3.76. The first-order chi connectivity index (χ1) is 20.7. The van der Waals surface area contributed by atoms with Gasteiger partial charge in [0.2, 0.25) is 11.8 Å². The Labute approximate surface area is 249 Å². The second-order valence-corrected chi connectivity index (χ2v) is 11.0. The lowest BCUT2D eigenvalue weighted by Gasteiger charge is -2.28. The molecule has 4 N–H and O–H groups in total. The molecule has 1 aliphatic rings. The number of ketones is 1. The highest BCUT2D eigenvalue weighted by Crippen LogP contribution is 2.26. The van der Waals surface area contributed by atoms with E-state index in [2.05, 4.69) is 25.9 Å². The van der Waals surface area contributed by atoms with Crippen LogP contribution in [-0.4, -0.2) is 71.8 Å². The summed E-state index contributed by atoms with van der Waals surface area (Å²) in [5, 5.41) is 9.03. The van der Waals surface area contributed by atoms with Gasteiger partial charge in [0.15, 0.2) is 12.4 Å². The van der Waals surface area contributed by atoms with Gasteiger partial charge < -0.3 is 30.4 Å². The molecular weight excluding hydrogens is 554 g/mol. The number of carbonyl (C=O) groups excluding carboxylic acids is 5. The summed E-state index contributed by atoms with van der Waals surface area (Å²) >= 11 is 0. The third-order valence-electron chi connectivity index (χ3n) is 7.29. The lowest BCUT2D eigenvalue weighted by atomic mass is 9.90. The zero-order valence-electron chi connectivity index (χ0n) is 24.5. The first-order valence-electron chi connectivity index (χ1n) is 14.3. The number of nitrogens with one attached hydrogen (secondary N) is 4. The summed E-state index contributed by atoms with van der Waals surface area (Å²) < 4.78 is 10.6. The third-order valence-corrected chi connectivity index (χ3v) is 7.29. The van der Waals surface area contributed by atoms with Crippen LogP contribution in [0.1, 0.15) is 60.4 Å². The Morgan fingerprint density at radius 2 is 1.91 bits per heavy atom. The minimum atomic E-state index is -1.12. The summed E-state index contributed by atoms with van der Waals surface area (Å²) in [5.74, 6) is -2.46. The number of H-pyrrole nitrogens is 1. The van der Waals surface area contributed by atoms with Gasteiger partial charge in [-0.2, -0.15) is 0 Å². The smallest absolute Gasteiger partial charge is 0.340 e. The van der Waals surface area contributed by atoms with Gasteiger partial charge in [-0.05, 0) is 61.9 Å². The number of Topliss-reactive ketones (excluding diaryl/α,β-unsaturated/α-hetero) is 1. The molecule has 3 aromatic rings. The van der Waals surface area contributed by atoms with Gasteiger partial charge in [-0.15, -0.1) is 0 Å². The number of methoxy groups -OCH3 is 1. The number of hydrogen-bond acceptors (Lipinski definition) is 8. The number of carbonyl (C=O) groups is 5. The van der Waals surface area contributed by atoms with Crippen molar-refractivity contribution >= 4 is 40.4 Å². The molecule has 3 heterocycles. The first-order valence-corrected chi connectivity index (χ1v) is 14.3. The van der Waals surface area contributed by atoms with Crippen LogP contribution in [-0.2, 0) is 19.1 Å². The van der Waals surface area contributed by atoms with Crippen molar-refractivity contribution in [3.05, 3.63) is 60.0 Å². The average Bonchev–Trinajstić information content (AvgIpc) is 3.45. The maximum atomic E-state index is 13.6. The van der Waals surface area contributed by atoms with E-state index in [1.807, 2.05) is 19.9 Å². The second kappa shape index (κ2) is 14.4. The van der Waals surface area contributed by atoms with Crippen LogP contribution in [0, 0.1) is 11.8 Å². The maximum absolute atomic E-state index is 13.6. The van der Waals surface area contributed by atoms with E-state index in [1.54, 1.807) is 31.4 Å². The molecule has 3 amide bonds. The molecule has 12 nitrogen and oxygen atoms in total. The van der Waals surface area contributed by atoms with Gasteiger partial charge in [-0.25, -0.2) is 4.79 Å². The van der Waals surface area contributed by atoms with Crippen LogP contribution in [0.5, 0.6) is 5.75 Å². The van der Waals surface area contributed by atoms with Crippen molar-refractivity contribution in [2.45, 2.75) is 51.6 Å². The number of aromatic amines is 1. The van der Waals surface area contributed by atoms with Crippen LogP contribution >= 0.6 is 0 Å². The first kappa shape index (κ1) is 31.2. The zero-order chi connectivity index (χ0) is 30.9. The lowest BCUT2D eigenvalue weighted by molar-refractivity contribution is -0.133. The molecule has 0 aliphatic carbocycles. The van der Waals surface area contributed by atoms with Crippen LogP contribution in [0.4, 0.5) is 0 Å². The standard InChI is InChI=1S/C31H37N5O7/c1-18(2)13-24(36-30(40)25-15-21-22(34-25)9-4-10-27(21)42-3)29(39)35-23(14-19-7-6-12-33-28(19)38)26(37)17-43-31(41)20-8-5-11-32-16-20/h4-5,8-11,15-16,18-19,23-24,34H,6-7,12-14,17H2,1-3H3,(H,33,38)(H,35,39)(H,36,40)/t19-,23-,24-/m0/s1. The summed E-state index contributed by atoms with van der Waals surface area (Å²) in [5.41, 5.74) is 1.12. The molecule has 1 aromatic carbocycles. The van der Waals surface area contributed by atoms with Gasteiger partial charge in [0.25, 0.3) is 5.91 Å². The Bertz CT molecular complexity index is 1470. The lowest BCUT2D eigenvalue weighted by Crippen LogP contribution is -2.54. The minimum absolute atomic E-state index is 0.0255. The third kappa shape index (κ3) is 8.18. The SMILES string of the molecule is COc1cccc2[nH]c(C(=O)N[C@@H](CC(C)C)C(=O)N[C@@H](C[C@@H]3CCCNC3=O)C(=O)COC(=O)c3cccnc3)cc12. The van der Waals surface area contributed by atoms with Crippen molar-refractivity contribution in [3.63, 3.8) is 0 Å². The Morgan fingerprint density at radius 1 is 1.09 bits per heavy atom. The molecule has 1 aliphatic heterocycles.